The largest absolute Gasteiger partial charge is 0.481 e. The number of aliphatic carboxylic acids is 1. The molecule has 1 heterocycles. The van der Waals surface area contributed by atoms with Crippen LogP contribution in [0.15, 0.2) is 59.1 Å². The van der Waals surface area contributed by atoms with Gasteiger partial charge in [-0.2, -0.15) is 0 Å². The molecule has 0 fully saturated rings. The fraction of sp³-hybridized carbons (Fsp3) is 0.190. The maximum absolute atomic E-state index is 12.2. The van der Waals surface area contributed by atoms with Crippen LogP contribution in [0.1, 0.15) is 35.6 Å². The number of carbonyl (C=O) groups excluding carboxylic acids is 1. The average Bonchev–Trinajstić information content (AvgIpc) is 3.28. The average molecular weight is 378 g/mol. The van der Waals surface area contributed by atoms with Gasteiger partial charge in [-0.1, -0.05) is 48.5 Å². The molecular weight excluding hydrogens is 360 g/mol. The lowest BCUT2D eigenvalue weighted by atomic mass is 9.98. The van der Waals surface area contributed by atoms with E-state index in [0.29, 0.717) is 0 Å². The molecule has 0 spiro atoms. The molecule has 0 saturated carbocycles. The number of hydrogen-bond donors (Lipinski definition) is 2. The zero-order valence-electron chi connectivity index (χ0n) is 15.1. The molecule has 0 aliphatic heterocycles. The molecule has 0 radical (unpaired) electrons. The standard InChI is InChI=1S/C21H18N2O5/c1-12(19(24)25)18-10-22-20(28-18)23-21(26)27-11-17-15-8-4-2-6-13(15)14-7-3-5-9-16(14)17/h2-10,12,17H,11H2,1H3,(H,24,25)(H,22,23,26)/t12-/m0/s1. The molecule has 0 bridgehead atoms. The number of carbonyl (C=O) groups is 2. The molecular formula is C21H18N2O5. The van der Waals surface area contributed by atoms with Gasteiger partial charge in [0.1, 0.15) is 18.3 Å². The first-order valence-corrected chi connectivity index (χ1v) is 8.85. The molecule has 2 N–H and O–H groups in total. The number of nitrogens with one attached hydrogen (secondary N) is 1. The number of carboxylic acid groups (broad SMARTS) is 1. The third-order valence-electron chi connectivity index (χ3n) is 4.87. The van der Waals surface area contributed by atoms with Crippen LogP contribution in [0.25, 0.3) is 11.1 Å². The van der Waals surface area contributed by atoms with Gasteiger partial charge < -0.3 is 14.3 Å². The van der Waals surface area contributed by atoms with Crippen LogP contribution < -0.4 is 5.32 Å². The van der Waals surface area contributed by atoms with Gasteiger partial charge in [0.2, 0.25) is 0 Å². The van der Waals surface area contributed by atoms with Gasteiger partial charge in [-0.25, -0.2) is 15.1 Å². The summed E-state index contributed by atoms with van der Waals surface area (Å²) in [7, 11) is 0. The minimum absolute atomic E-state index is 0.0506. The predicted octanol–water partition coefficient (Wildman–Crippen LogP) is 4.22. The first-order chi connectivity index (χ1) is 13.5. The number of carboxylic acids is 1. The number of aromatic nitrogens is 1. The number of benzene rings is 2. The summed E-state index contributed by atoms with van der Waals surface area (Å²) in [5.41, 5.74) is 4.52. The van der Waals surface area contributed by atoms with Crippen molar-refractivity contribution in [2.24, 2.45) is 0 Å². The number of ether oxygens (including phenoxy) is 1. The normalized spacial score (nSPS) is 13.5. The van der Waals surface area contributed by atoms with E-state index in [1.165, 1.54) is 13.1 Å². The third kappa shape index (κ3) is 3.22. The molecule has 1 atom stereocenters. The van der Waals surface area contributed by atoms with Crippen molar-refractivity contribution < 1.29 is 23.8 Å². The number of fused-ring (bicyclic) bond motifs is 3. The van der Waals surface area contributed by atoms with E-state index in [9.17, 15) is 9.59 Å². The highest BCUT2D eigenvalue weighted by molar-refractivity contribution is 5.83. The lowest BCUT2D eigenvalue weighted by molar-refractivity contribution is -0.138. The molecule has 4 rings (SSSR count). The van der Waals surface area contributed by atoms with Crippen molar-refractivity contribution in [2.45, 2.75) is 18.8 Å². The van der Waals surface area contributed by atoms with E-state index in [0.717, 1.165) is 22.3 Å². The fourth-order valence-corrected chi connectivity index (χ4v) is 3.39. The van der Waals surface area contributed by atoms with Gasteiger partial charge in [-0.15, -0.1) is 0 Å². The molecule has 7 nitrogen and oxygen atoms in total. The van der Waals surface area contributed by atoms with Gasteiger partial charge in [0, 0.05) is 5.92 Å². The van der Waals surface area contributed by atoms with E-state index in [2.05, 4.69) is 22.4 Å². The Hall–Kier alpha value is -3.61. The van der Waals surface area contributed by atoms with Gasteiger partial charge in [-0.3, -0.25) is 4.79 Å². The zero-order chi connectivity index (χ0) is 19.7. The molecule has 1 aromatic heterocycles. The Morgan fingerprint density at radius 2 is 1.75 bits per heavy atom. The summed E-state index contributed by atoms with van der Waals surface area (Å²) in [6, 6.07) is 16.0. The highest BCUT2D eigenvalue weighted by Crippen LogP contribution is 2.44. The molecule has 1 amide bonds. The van der Waals surface area contributed by atoms with E-state index >= 15 is 0 Å². The molecule has 0 saturated heterocycles. The highest BCUT2D eigenvalue weighted by Gasteiger charge is 2.29. The van der Waals surface area contributed by atoms with Crippen molar-refractivity contribution in [3.63, 3.8) is 0 Å². The van der Waals surface area contributed by atoms with Crippen molar-refractivity contribution in [3.8, 4) is 11.1 Å². The Bertz CT molecular complexity index is 997. The Morgan fingerprint density at radius 3 is 2.36 bits per heavy atom. The second kappa shape index (κ2) is 7.19. The SMILES string of the molecule is C[C@H](C(=O)O)c1cnc(NC(=O)OCC2c3ccccc3-c3ccccc32)o1. The Balaban J connectivity index is 1.44. The van der Waals surface area contributed by atoms with Crippen molar-refractivity contribution in [1.29, 1.82) is 0 Å². The van der Waals surface area contributed by atoms with E-state index < -0.39 is 18.0 Å². The highest BCUT2D eigenvalue weighted by atomic mass is 16.6. The number of anilines is 1. The number of hydrogen-bond acceptors (Lipinski definition) is 5. The second-order valence-electron chi connectivity index (χ2n) is 6.58. The molecule has 1 aliphatic rings. The summed E-state index contributed by atoms with van der Waals surface area (Å²) in [6.07, 6.45) is 0.566. The van der Waals surface area contributed by atoms with Crippen LogP contribution >= 0.6 is 0 Å². The number of amides is 1. The molecule has 0 unspecified atom stereocenters. The van der Waals surface area contributed by atoms with E-state index in [1.807, 2.05) is 36.4 Å². The Morgan fingerprint density at radius 1 is 1.14 bits per heavy atom. The van der Waals surface area contributed by atoms with Gasteiger partial charge in [-0.05, 0) is 29.2 Å². The summed E-state index contributed by atoms with van der Waals surface area (Å²) < 4.78 is 10.7. The molecule has 28 heavy (non-hydrogen) atoms. The zero-order valence-corrected chi connectivity index (χ0v) is 15.1. The van der Waals surface area contributed by atoms with E-state index in [1.54, 1.807) is 0 Å². The summed E-state index contributed by atoms with van der Waals surface area (Å²) in [5, 5.41) is 11.4. The van der Waals surface area contributed by atoms with E-state index in [-0.39, 0.29) is 24.3 Å². The third-order valence-corrected chi connectivity index (χ3v) is 4.87. The minimum atomic E-state index is -1.04. The maximum Gasteiger partial charge on any atom is 0.415 e. The predicted molar refractivity (Wildman–Crippen MR) is 101 cm³/mol. The smallest absolute Gasteiger partial charge is 0.415 e. The van der Waals surface area contributed by atoms with Crippen molar-refractivity contribution in [3.05, 3.63) is 71.6 Å². The Labute approximate surface area is 161 Å². The maximum atomic E-state index is 12.2. The van der Waals surface area contributed by atoms with Crippen LogP contribution in [0.2, 0.25) is 0 Å². The summed E-state index contributed by atoms with van der Waals surface area (Å²) in [6.45, 7) is 1.64. The van der Waals surface area contributed by atoms with Crippen molar-refractivity contribution in [1.82, 2.24) is 4.98 Å². The summed E-state index contributed by atoms with van der Waals surface area (Å²) in [5.74, 6) is -1.79. The quantitative estimate of drug-likeness (QED) is 0.689. The summed E-state index contributed by atoms with van der Waals surface area (Å²) >= 11 is 0. The van der Waals surface area contributed by atoms with Gasteiger partial charge >= 0.3 is 18.1 Å². The van der Waals surface area contributed by atoms with Crippen LogP contribution in [-0.4, -0.2) is 28.8 Å². The second-order valence-corrected chi connectivity index (χ2v) is 6.58. The van der Waals surface area contributed by atoms with Gasteiger partial charge in [0.25, 0.3) is 0 Å². The van der Waals surface area contributed by atoms with Crippen molar-refractivity contribution in [2.75, 3.05) is 11.9 Å². The first kappa shape index (κ1) is 17.8. The first-order valence-electron chi connectivity index (χ1n) is 8.85. The lowest BCUT2D eigenvalue weighted by Gasteiger charge is -2.13. The summed E-state index contributed by atoms with van der Waals surface area (Å²) in [4.78, 5) is 27.0. The monoisotopic (exact) mass is 378 g/mol. The lowest BCUT2D eigenvalue weighted by Crippen LogP contribution is -2.18. The van der Waals surface area contributed by atoms with Crippen LogP contribution in [0.5, 0.6) is 0 Å². The van der Waals surface area contributed by atoms with Crippen LogP contribution in [0.3, 0.4) is 0 Å². The van der Waals surface area contributed by atoms with E-state index in [4.69, 9.17) is 14.3 Å². The van der Waals surface area contributed by atoms with Crippen LogP contribution in [-0.2, 0) is 9.53 Å². The van der Waals surface area contributed by atoms with Crippen LogP contribution in [0, 0.1) is 0 Å². The fourth-order valence-electron chi connectivity index (χ4n) is 3.39. The van der Waals surface area contributed by atoms with Gasteiger partial charge in [0.15, 0.2) is 0 Å². The number of rotatable bonds is 5. The molecule has 7 heteroatoms. The molecule has 1 aliphatic carbocycles. The molecule has 142 valence electrons. The van der Waals surface area contributed by atoms with Gasteiger partial charge in [0.05, 0.1) is 6.20 Å². The topological polar surface area (TPSA) is 102 Å². The minimum Gasteiger partial charge on any atom is -0.481 e. The number of nitrogens with zero attached hydrogens (tertiary/aromatic N) is 1. The molecule has 3 aromatic rings. The van der Waals surface area contributed by atoms with Crippen molar-refractivity contribution >= 4 is 18.1 Å². The van der Waals surface area contributed by atoms with Crippen LogP contribution in [0.4, 0.5) is 10.8 Å². The number of oxazole rings is 1. The molecule has 2 aromatic carbocycles. The Kier molecular flexibility index (Phi) is 4.57.